The lowest BCUT2D eigenvalue weighted by atomic mass is 9.87. The zero-order chi connectivity index (χ0) is 17.8. The van der Waals surface area contributed by atoms with Gasteiger partial charge in [0.2, 0.25) is 0 Å². The third-order valence-electron chi connectivity index (χ3n) is 5.79. The minimum absolute atomic E-state index is 0.435. The molecule has 2 fully saturated rings. The minimum atomic E-state index is 0.435. The van der Waals surface area contributed by atoms with E-state index >= 15 is 0 Å². The maximum absolute atomic E-state index is 5.64. The van der Waals surface area contributed by atoms with E-state index in [9.17, 15) is 0 Å². The van der Waals surface area contributed by atoms with Crippen molar-refractivity contribution < 1.29 is 0 Å². The van der Waals surface area contributed by atoms with Gasteiger partial charge in [-0.15, -0.1) is 0 Å². The van der Waals surface area contributed by atoms with Gasteiger partial charge < -0.3 is 10.3 Å². The predicted octanol–water partition coefficient (Wildman–Crippen LogP) is 4.54. The fraction of sp³-hybridized carbons (Fsp3) is 0.429. The third-order valence-corrected chi connectivity index (χ3v) is 5.79. The standard InChI is InChI=1S/C21H25N5/c1-13(2)25-8-6-17-19(25)5-7-23-21(17)18-12-26(16-9-14(10-16)11-22)24-20(18)15-3-4-15/h5-8,11-13,15-16H,3-4,9-10,22H2,1-2H3. The van der Waals surface area contributed by atoms with Crippen molar-refractivity contribution in [3.05, 3.63) is 48.2 Å². The third kappa shape index (κ3) is 2.37. The van der Waals surface area contributed by atoms with Gasteiger partial charge in [0.15, 0.2) is 0 Å². The molecule has 0 atom stereocenters. The van der Waals surface area contributed by atoms with Crippen LogP contribution in [0.15, 0.2) is 42.5 Å². The molecule has 5 nitrogen and oxygen atoms in total. The Bertz CT molecular complexity index is 995. The SMILES string of the molecule is CC(C)n1ccc2c(-c3cn(C4CC(=CN)C4)nc3C3CC3)nccc21. The summed E-state index contributed by atoms with van der Waals surface area (Å²) in [5.41, 5.74) is 11.7. The average molecular weight is 347 g/mol. The molecule has 5 rings (SSSR count). The fourth-order valence-corrected chi connectivity index (χ4v) is 4.05. The van der Waals surface area contributed by atoms with E-state index in [0.29, 0.717) is 18.0 Å². The number of hydrogen-bond acceptors (Lipinski definition) is 3. The average Bonchev–Trinajstić information content (AvgIpc) is 3.19. The molecule has 3 heterocycles. The molecule has 2 aliphatic rings. The van der Waals surface area contributed by atoms with Crippen LogP contribution in [0.1, 0.15) is 63.2 Å². The van der Waals surface area contributed by atoms with E-state index in [1.165, 1.54) is 40.6 Å². The van der Waals surface area contributed by atoms with E-state index < -0.39 is 0 Å². The molecule has 2 aliphatic carbocycles. The van der Waals surface area contributed by atoms with Crippen molar-refractivity contribution in [1.82, 2.24) is 19.3 Å². The molecule has 0 amide bonds. The highest BCUT2D eigenvalue weighted by atomic mass is 15.3. The van der Waals surface area contributed by atoms with Gasteiger partial charge in [-0.1, -0.05) is 5.57 Å². The predicted molar refractivity (Wildman–Crippen MR) is 104 cm³/mol. The van der Waals surface area contributed by atoms with Crippen LogP contribution in [-0.4, -0.2) is 19.3 Å². The number of allylic oxidation sites excluding steroid dienone is 1. The van der Waals surface area contributed by atoms with Gasteiger partial charge in [0, 0.05) is 41.5 Å². The van der Waals surface area contributed by atoms with E-state index in [1.54, 1.807) is 6.20 Å². The van der Waals surface area contributed by atoms with Crippen molar-refractivity contribution in [2.75, 3.05) is 0 Å². The lowest BCUT2D eigenvalue weighted by molar-refractivity contribution is 0.368. The first-order valence-corrected chi connectivity index (χ1v) is 9.60. The summed E-state index contributed by atoms with van der Waals surface area (Å²) in [5, 5.41) is 6.21. The first kappa shape index (κ1) is 15.7. The summed E-state index contributed by atoms with van der Waals surface area (Å²) >= 11 is 0. The zero-order valence-corrected chi connectivity index (χ0v) is 15.4. The number of nitrogens with two attached hydrogens (primary N) is 1. The van der Waals surface area contributed by atoms with E-state index in [4.69, 9.17) is 15.8 Å². The fourth-order valence-electron chi connectivity index (χ4n) is 4.05. The van der Waals surface area contributed by atoms with Crippen molar-refractivity contribution in [2.24, 2.45) is 5.73 Å². The molecule has 0 aromatic carbocycles. The topological polar surface area (TPSA) is 61.7 Å². The normalized spacial score (nSPS) is 20.0. The number of hydrogen-bond donors (Lipinski definition) is 1. The molecule has 5 heteroatoms. The first-order valence-electron chi connectivity index (χ1n) is 9.60. The van der Waals surface area contributed by atoms with E-state index in [2.05, 4.69) is 47.6 Å². The molecule has 0 aliphatic heterocycles. The van der Waals surface area contributed by atoms with Crippen molar-refractivity contribution in [3.63, 3.8) is 0 Å². The molecule has 0 unspecified atom stereocenters. The van der Waals surface area contributed by atoms with Crippen LogP contribution in [0.5, 0.6) is 0 Å². The Morgan fingerprint density at radius 2 is 2.04 bits per heavy atom. The number of aromatic nitrogens is 4. The Kier molecular flexibility index (Phi) is 3.45. The Balaban J connectivity index is 1.62. The van der Waals surface area contributed by atoms with Gasteiger partial charge >= 0.3 is 0 Å². The smallest absolute Gasteiger partial charge is 0.0830 e. The summed E-state index contributed by atoms with van der Waals surface area (Å²) in [5.74, 6) is 0.597. The van der Waals surface area contributed by atoms with Crippen molar-refractivity contribution in [2.45, 2.75) is 57.5 Å². The van der Waals surface area contributed by atoms with Gasteiger partial charge in [0.1, 0.15) is 0 Å². The monoisotopic (exact) mass is 347 g/mol. The molecular weight excluding hydrogens is 322 g/mol. The molecule has 134 valence electrons. The van der Waals surface area contributed by atoms with Crippen LogP contribution >= 0.6 is 0 Å². The van der Waals surface area contributed by atoms with E-state index in [-0.39, 0.29) is 0 Å². The molecule has 2 N–H and O–H groups in total. The van der Waals surface area contributed by atoms with E-state index in [1.807, 2.05) is 6.20 Å². The van der Waals surface area contributed by atoms with Gasteiger partial charge in [0.05, 0.1) is 22.9 Å². The second-order valence-corrected chi connectivity index (χ2v) is 7.98. The summed E-state index contributed by atoms with van der Waals surface area (Å²) in [6, 6.07) is 5.19. The van der Waals surface area contributed by atoms with Crippen molar-refractivity contribution in [3.8, 4) is 11.3 Å². The Hall–Kier alpha value is -2.56. The lowest BCUT2D eigenvalue weighted by Crippen LogP contribution is -2.21. The molecule has 2 saturated carbocycles. The van der Waals surface area contributed by atoms with Crippen LogP contribution in [0, 0.1) is 0 Å². The number of fused-ring (bicyclic) bond motifs is 1. The Morgan fingerprint density at radius 3 is 2.73 bits per heavy atom. The van der Waals surface area contributed by atoms with Gasteiger partial charge in [-0.25, -0.2) is 0 Å². The summed E-state index contributed by atoms with van der Waals surface area (Å²) in [4.78, 5) is 4.77. The number of pyridine rings is 1. The van der Waals surface area contributed by atoms with Crippen LogP contribution in [0.4, 0.5) is 0 Å². The molecule has 0 spiro atoms. The molecule has 3 aromatic heterocycles. The first-order chi connectivity index (χ1) is 12.7. The molecular formula is C21H25N5. The van der Waals surface area contributed by atoms with E-state index in [0.717, 1.165) is 18.5 Å². The van der Waals surface area contributed by atoms with Gasteiger partial charge in [-0.2, -0.15) is 5.10 Å². The molecule has 0 saturated heterocycles. The highest BCUT2D eigenvalue weighted by Crippen LogP contribution is 2.46. The van der Waals surface area contributed by atoms with Crippen LogP contribution < -0.4 is 5.73 Å². The second-order valence-electron chi connectivity index (χ2n) is 7.98. The largest absolute Gasteiger partial charge is 0.405 e. The van der Waals surface area contributed by atoms with Crippen LogP contribution in [-0.2, 0) is 0 Å². The summed E-state index contributed by atoms with van der Waals surface area (Å²) < 4.78 is 4.47. The highest BCUT2D eigenvalue weighted by molar-refractivity contribution is 5.93. The van der Waals surface area contributed by atoms with Crippen molar-refractivity contribution >= 4 is 10.9 Å². The van der Waals surface area contributed by atoms with Crippen LogP contribution in [0.3, 0.4) is 0 Å². The van der Waals surface area contributed by atoms with Crippen LogP contribution in [0.2, 0.25) is 0 Å². The minimum Gasteiger partial charge on any atom is -0.405 e. The van der Waals surface area contributed by atoms with Gasteiger partial charge in [0.25, 0.3) is 0 Å². The summed E-state index contributed by atoms with van der Waals surface area (Å²) in [6.07, 6.45) is 12.6. The number of nitrogens with zero attached hydrogens (tertiary/aromatic N) is 4. The molecule has 3 aromatic rings. The quantitative estimate of drug-likeness (QED) is 0.754. The summed E-state index contributed by atoms with van der Waals surface area (Å²) in [7, 11) is 0. The Labute approximate surface area is 153 Å². The number of rotatable bonds is 4. The second kappa shape index (κ2) is 5.73. The molecule has 26 heavy (non-hydrogen) atoms. The maximum atomic E-state index is 5.64. The lowest BCUT2D eigenvalue weighted by Gasteiger charge is -2.28. The van der Waals surface area contributed by atoms with Crippen molar-refractivity contribution in [1.29, 1.82) is 0 Å². The maximum Gasteiger partial charge on any atom is 0.0830 e. The van der Waals surface area contributed by atoms with Gasteiger partial charge in [-0.05, 0) is 57.9 Å². The zero-order valence-electron chi connectivity index (χ0n) is 15.4. The highest BCUT2D eigenvalue weighted by Gasteiger charge is 2.33. The summed E-state index contributed by atoms with van der Waals surface area (Å²) in [6.45, 7) is 4.43. The Morgan fingerprint density at radius 1 is 1.23 bits per heavy atom. The molecule has 0 bridgehead atoms. The van der Waals surface area contributed by atoms with Gasteiger partial charge in [-0.3, -0.25) is 9.67 Å². The molecule has 0 radical (unpaired) electrons. The van der Waals surface area contributed by atoms with Crippen LogP contribution in [0.25, 0.3) is 22.2 Å².